The lowest BCUT2D eigenvalue weighted by molar-refractivity contribution is 0.0728. The van der Waals surface area contributed by atoms with E-state index in [4.69, 9.17) is 0 Å². The van der Waals surface area contributed by atoms with Crippen molar-refractivity contribution < 1.29 is 9.59 Å². The maximum atomic E-state index is 12.9. The number of aryl methyl sites for hydroxylation is 2. The molecule has 1 aliphatic rings. The predicted molar refractivity (Wildman–Crippen MR) is 102 cm³/mol. The molecular formula is C18H20N6O2S. The van der Waals surface area contributed by atoms with Gasteiger partial charge in [-0.25, -0.2) is 0 Å². The molecule has 0 radical (unpaired) electrons. The third-order valence-corrected chi connectivity index (χ3v) is 5.89. The van der Waals surface area contributed by atoms with Crippen LogP contribution in [0.5, 0.6) is 0 Å². The lowest BCUT2D eigenvalue weighted by atomic mass is 10.2. The van der Waals surface area contributed by atoms with Gasteiger partial charge in [-0.15, -0.1) is 16.4 Å². The normalized spacial score (nSPS) is 16.7. The highest BCUT2D eigenvalue weighted by Gasteiger charge is 2.32. The second-order valence-corrected chi connectivity index (χ2v) is 7.71. The lowest BCUT2D eigenvalue weighted by Gasteiger charge is -2.24. The van der Waals surface area contributed by atoms with Crippen LogP contribution in [0, 0.1) is 0 Å². The van der Waals surface area contributed by atoms with E-state index in [9.17, 15) is 9.59 Å². The van der Waals surface area contributed by atoms with Crippen LogP contribution < -0.4 is 5.32 Å². The number of hydrogen-bond acceptors (Lipinski definition) is 5. The highest BCUT2D eigenvalue weighted by atomic mass is 32.1. The van der Waals surface area contributed by atoms with Gasteiger partial charge in [0.2, 0.25) is 0 Å². The molecule has 4 rings (SSSR count). The minimum absolute atomic E-state index is 0.00969. The number of carbonyl (C=O) groups excluding carboxylic acids is 2. The Morgan fingerprint density at radius 3 is 2.81 bits per heavy atom. The summed E-state index contributed by atoms with van der Waals surface area (Å²) in [5, 5.41) is 10.4. The van der Waals surface area contributed by atoms with E-state index in [1.54, 1.807) is 19.3 Å². The summed E-state index contributed by atoms with van der Waals surface area (Å²) in [5.41, 5.74) is 0.680. The average Bonchev–Trinajstić information content (AvgIpc) is 3.41. The largest absolute Gasteiger partial charge is 0.347 e. The monoisotopic (exact) mass is 384 g/mol. The third kappa shape index (κ3) is 3.37. The highest BCUT2D eigenvalue weighted by Crippen LogP contribution is 2.37. The molecule has 1 unspecified atom stereocenters. The Balaban J connectivity index is 1.51. The maximum absolute atomic E-state index is 12.9. The molecule has 9 heteroatoms. The van der Waals surface area contributed by atoms with Gasteiger partial charge in [0, 0.05) is 31.7 Å². The van der Waals surface area contributed by atoms with Crippen LogP contribution in [0.15, 0.2) is 36.7 Å². The van der Waals surface area contributed by atoms with E-state index in [1.165, 1.54) is 16.0 Å². The maximum Gasteiger partial charge on any atom is 0.271 e. The summed E-state index contributed by atoms with van der Waals surface area (Å²) in [6.45, 7) is 0.730. The van der Waals surface area contributed by atoms with Crippen LogP contribution in [-0.4, -0.2) is 42.8 Å². The van der Waals surface area contributed by atoms with Crippen LogP contribution in [-0.2, 0) is 14.1 Å². The second kappa shape index (κ2) is 6.99. The Kier molecular flexibility index (Phi) is 4.53. The van der Waals surface area contributed by atoms with Crippen LogP contribution in [0.4, 0.5) is 5.82 Å². The first-order valence-corrected chi connectivity index (χ1v) is 9.54. The Hall–Kier alpha value is -2.94. The molecule has 1 N–H and O–H groups in total. The number of thiophene rings is 1. The quantitative estimate of drug-likeness (QED) is 0.749. The van der Waals surface area contributed by atoms with Crippen LogP contribution in [0.2, 0.25) is 0 Å². The number of rotatable bonds is 4. The number of likely N-dealkylation sites (tertiary alicyclic amines) is 1. The van der Waals surface area contributed by atoms with Crippen molar-refractivity contribution in [2.45, 2.75) is 18.9 Å². The van der Waals surface area contributed by atoms with E-state index < -0.39 is 0 Å². The number of hydrogen-bond donors (Lipinski definition) is 1. The zero-order valence-corrected chi connectivity index (χ0v) is 15.9. The first-order chi connectivity index (χ1) is 13.0. The van der Waals surface area contributed by atoms with Gasteiger partial charge in [-0.2, -0.15) is 0 Å². The molecular weight excluding hydrogens is 364 g/mol. The van der Waals surface area contributed by atoms with Crippen LogP contribution in [0.3, 0.4) is 0 Å². The first-order valence-electron chi connectivity index (χ1n) is 8.72. The zero-order chi connectivity index (χ0) is 19.0. The second-order valence-electron chi connectivity index (χ2n) is 6.59. The van der Waals surface area contributed by atoms with Gasteiger partial charge in [0.05, 0.1) is 17.1 Å². The average molecular weight is 384 g/mol. The Morgan fingerprint density at radius 1 is 1.26 bits per heavy atom. The van der Waals surface area contributed by atoms with Crippen molar-refractivity contribution in [1.29, 1.82) is 0 Å². The lowest BCUT2D eigenvalue weighted by Crippen LogP contribution is -2.31. The molecule has 1 atom stereocenters. The minimum Gasteiger partial charge on any atom is -0.347 e. The topological polar surface area (TPSA) is 85.0 Å². The van der Waals surface area contributed by atoms with Gasteiger partial charge in [0.1, 0.15) is 5.69 Å². The van der Waals surface area contributed by atoms with E-state index in [-0.39, 0.29) is 17.9 Å². The molecule has 0 aliphatic carbocycles. The number of nitrogens with zero attached hydrogens (tertiary/aromatic N) is 5. The van der Waals surface area contributed by atoms with Gasteiger partial charge < -0.3 is 14.8 Å². The van der Waals surface area contributed by atoms with E-state index in [1.807, 2.05) is 40.9 Å². The molecule has 0 saturated carbocycles. The molecule has 0 aromatic carbocycles. The van der Waals surface area contributed by atoms with Crippen molar-refractivity contribution in [1.82, 2.24) is 24.5 Å². The van der Waals surface area contributed by atoms with Gasteiger partial charge in [-0.3, -0.25) is 14.3 Å². The molecule has 1 fully saturated rings. The Labute approximate surface area is 160 Å². The number of carbonyl (C=O) groups is 2. The van der Waals surface area contributed by atoms with E-state index in [0.717, 1.165) is 24.3 Å². The SMILES string of the molecule is Cn1cc(NC(=O)c2ccc(C3CCCN3C(=O)c3cccn3C)s2)nn1. The van der Waals surface area contributed by atoms with Crippen LogP contribution >= 0.6 is 11.3 Å². The zero-order valence-electron chi connectivity index (χ0n) is 15.1. The summed E-state index contributed by atoms with van der Waals surface area (Å²) in [6, 6.07) is 7.47. The number of nitrogens with one attached hydrogen (secondary N) is 1. The van der Waals surface area contributed by atoms with E-state index in [2.05, 4.69) is 15.6 Å². The number of anilines is 1. The summed E-state index contributed by atoms with van der Waals surface area (Å²) in [6.07, 6.45) is 5.38. The molecule has 1 aliphatic heterocycles. The smallest absolute Gasteiger partial charge is 0.271 e. The number of aromatic nitrogens is 4. The fourth-order valence-electron chi connectivity index (χ4n) is 3.37. The molecule has 2 amide bonds. The van der Waals surface area contributed by atoms with Gasteiger partial charge in [-0.05, 0) is 37.1 Å². The van der Waals surface area contributed by atoms with E-state index >= 15 is 0 Å². The third-order valence-electron chi connectivity index (χ3n) is 4.70. The first kappa shape index (κ1) is 17.5. The van der Waals surface area contributed by atoms with Gasteiger partial charge >= 0.3 is 0 Å². The van der Waals surface area contributed by atoms with Gasteiger partial charge in [0.25, 0.3) is 11.8 Å². The summed E-state index contributed by atoms with van der Waals surface area (Å²) < 4.78 is 3.37. The predicted octanol–water partition coefficient (Wildman–Crippen LogP) is 2.44. The van der Waals surface area contributed by atoms with E-state index in [0.29, 0.717) is 16.4 Å². The van der Waals surface area contributed by atoms with Crippen molar-refractivity contribution >= 4 is 29.0 Å². The molecule has 4 heterocycles. The Morgan fingerprint density at radius 2 is 2.11 bits per heavy atom. The summed E-state index contributed by atoms with van der Waals surface area (Å²) >= 11 is 1.42. The van der Waals surface area contributed by atoms with Crippen LogP contribution in [0.25, 0.3) is 0 Å². The highest BCUT2D eigenvalue weighted by molar-refractivity contribution is 7.14. The molecule has 3 aromatic heterocycles. The van der Waals surface area contributed by atoms with Crippen molar-refractivity contribution in [2.75, 3.05) is 11.9 Å². The van der Waals surface area contributed by atoms with Crippen LogP contribution in [0.1, 0.15) is 43.9 Å². The minimum atomic E-state index is -0.218. The molecule has 3 aromatic rings. The molecule has 8 nitrogen and oxygen atoms in total. The van der Waals surface area contributed by atoms with Crippen molar-refractivity contribution in [3.05, 3.63) is 52.1 Å². The molecule has 140 valence electrons. The molecule has 27 heavy (non-hydrogen) atoms. The van der Waals surface area contributed by atoms with Crippen molar-refractivity contribution in [3.63, 3.8) is 0 Å². The summed E-state index contributed by atoms with van der Waals surface area (Å²) in [7, 11) is 3.61. The van der Waals surface area contributed by atoms with Crippen molar-refractivity contribution in [2.24, 2.45) is 14.1 Å². The van der Waals surface area contributed by atoms with Crippen molar-refractivity contribution in [3.8, 4) is 0 Å². The fourth-order valence-corrected chi connectivity index (χ4v) is 4.42. The molecule has 0 spiro atoms. The summed E-state index contributed by atoms with van der Waals surface area (Å²) in [4.78, 5) is 28.9. The van der Waals surface area contributed by atoms with Gasteiger partial charge in [0.15, 0.2) is 5.82 Å². The standard InChI is InChI=1S/C18H20N6O2S/c1-22-9-3-6-13(22)18(26)24-10-4-5-12(24)14-7-8-15(27-14)17(25)19-16-11-23(2)21-20-16/h3,6-9,11-12H,4-5,10H2,1-2H3,(H,19,25). The van der Waals surface area contributed by atoms with Gasteiger partial charge in [-0.1, -0.05) is 5.21 Å². The summed E-state index contributed by atoms with van der Waals surface area (Å²) in [5.74, 6) is 0.229. The fraction of sp³-hybridized carbons (Fsp3) is 0.333. The molecule has 1 saturated heterocycles. The molecule has 0 bridgehead atoms. The number of amides is 2. The Bertz CT molecular complexity index is 988.